The number of pyridine rings is 1. The van der Waals surface area contributed by atoms with Crippen LogP contribution >= 0.6 is 0 Å². The fraction of sp³-hybridized carbons (Fsp3) is 0.583. The zero-order valence-corrected chi connectivity index (χ0v) is 8.83. The third-order valence-electron chi connectivity index (χ3n) is 3.64. The highest BCUT2D eigenvalue weighted by molar-refractivity contribution is 5.16. The highest BCUT2D eigenvalue weighted by Gasteiger charge is 2.51. The Morgan fingerprint density at radius 3 is 2.64 bits per heavy atom. The molecule has 0 amide bonds. The molecule has 1 aliphatic carbocycles. The number of aromatic nitrogens is 1. The summed E-state index contributed by atoms with van der Waals surface area (Å²) < 4.78 is 0. The van der Waals surface area contributed by atoms with E-state index in [4.69, 9.17) is 0 Å². The zero-order chi connectivity index (χ0) is 10.2. The SMILES string of the molecule is CC1(C)CCC1(O)Cc1cccnc1. The van der Waals surface area contributed by atoms with Gasteiger partial charge in [-0.2, -0.15) is 0 Å². The smallest absolute Gasteiger partial charge is 0.0739 e. The van der Waals surface area contributed by atoms with Gasteiger partial charge in [-0.05, 0) is 29.9 Å². The first-order valence-electron chi connectivity index (χ1n) is 5.15. The number of hydrogen-bond donors (Lipinski definition) is 1. The second kappa shape index (κ2) is 3.06. The molecule has 76 valence electrons. The first-order chi connectivity index (χ1) is 6.54. The summed E-state index contributed by atoms with van der Waals surface area (Å²) in [5, 5.41) is 10.4. The van der Waals surface area contributed by atoms with Crippen molar-refractivity contribution >= 4 is 0 Å². The van der Waals surface area contributed by atoms with Crippen molar-refractivity contribution in [1.29, 1.82) is 0 Å². The largest absolute Gasteiger partial charge is 0.389 e. The minimum absolute atomic E-state index is 0.0584. The van der Waals surface area contributed by atoms with Gasteiger partial charge in [0.25, 0.3) is 0 Å². The minimum Gasteiger partial charge on any atom is -0.389 e. The van der Waals surface area contributed by atoms with Gasteiger partial charge in [-0.1, -0.05) is 19.9 Å². The topological polar surface area (TPSA) is 33.1 Å². The lowest BCUT2D eigenvalue weighted by Crippen LogP contribution is -2.55. The van der Waals surface area contributed by atoms with Crippen LogP contribution in [0.5, 0.6) is 0 Å². The average Bonchev–Trinajstić information content (AvgIpc) is 2.18. The third kappa shape index (κ3) is 1.44. The number of hydrogen-bond acceptors (Lipinski definition) is 2. The normalized spacial score (nSPS) is 29.6. The quantitative estimate of drug-likeness (QED) is 0.777. The van der Waals surface area contributed by atoms with Crippen LogP contribution in [0.4, 0.5) is 0 Å². The molecule has 14 heavy (non-hydrogen) atoms. The van der Waals surface area contributed by atoms with Crippen molar-refractivity contribution in [1.82, 2.24) is 4.98 Å². The van der Waals surface area contributed by atoms with Gasteiger partial charge in [0.1, 0.15) is 0 Å². The van der Waals surface area contributed by atoms with E-state index in [1.165, 1.54) is 0 Å². The molecule has 1 aromatic rings. The Labute approximate surface area is 85.0 Å². The van der Waals surface area contributed by atoms with Gasteiger partial charge < -0.3 is 5.11 Å². The van der Waals surface area contributed by atoms with Gasteiger partial charge in [0.15, 0.2) is 0 Å². The molecule has 0 spiro atoms. The molecule has 0 saturated heterocycles. The monoisotopic (exact) mass is 191 g/mol. The van der Waals surface area contributed by atoms with Crippen molar-refractivity contribution in [2.45, 2.75) is 38.7 Å². The van der Waals surface area contributed by atoms with Gasteiger partial charge >= 0.3 is 0 Å². The van der Waals surface area contributed by atoms with Gasteiger partial charge in [0.05, 0.1) is 5.60 Å². The van der Waals surface area contributed by atoms with Crippen LogP contribution in [0.2, 0.25) is 0 Å². The van der Waals surface area contributed by atoms with Gasteiger partial charge in [-0.3, -0.25) is 4.98 Å². The van der Waals surface area contributed by atoms with E-state index < -0.39 is 5.60 Å². The summed E-state index contributed by atoms with van der Waals surface area (Å²) in [7, 11) is 0. The summed E-state index contributed by atoms with van der Waals surface area (Å²) in [6, 6.07) is 3.95. The Morgan fingerprint density at radius 1 is 1.43 bits per heavy atom. The molecule has 1 saturated carbocycles. The van der Waals surface area contributed by atoms with Crippen LogP contribution in [-0.4, -0.2) is 15.7 Å². The van der Waals surface area contributed by atoms with Crippen LogP contribution in [0.1, 0.15) is 32.3 Å². The number of aliphatic hydroxyl groups is 1. The van der Waals surface area contributed by atoms with E-state index in [9.17, 15) is 5.11 Å². The maximum atomic E-state index is 10.4. The standard InChI is InChI=1S/C12H17NO/c1-11(2)5-6-12(11,14)8-10-4-3-7-13-9-10/h3-4,7,9,14H,5-6,8H2,1-2H3. The van der Waals surface area contributed by atoms with Crippen LogP contribution in [0.3, 0.4) is 0 Å². The van der Waals surface area contributed by atoms with Crippen molar-refractivity contribution in [3.63, 3.8) is 0 Å². The average molecular weight is 191 g/mol. The van der Waals surface area contributed by atoms with Gasteiger partial charge in [0.2, 0.25) is 0 Å². The highest BCUT2D eigenvalue weighted by Crippen LogP contribution is 2.50. The summed E-state index contributed by atoms with van der Waals surface area (Å²) in [5.74, 6) is 0. The molecule has 1 N–H and O–H groups in total. The summed E-state index contributed by atoms with van der Waals surface area (Å²) in [6.45, 7) is 4.26. The summed E-state index contributed by atoms with van der Waals surface area (Å²) >= 11 is 0. The van der Waals surface area contributed by atoms with E-state index in [0.717, 1.165) is 24.8 Å². The first kappa shape index (κ1) is 9.66. The highest BCUT2D eigenvalue weighted by atomic mass is 16.3. The Hall–Kier alpha value is -0.890. The lowest BCUT2D eigenvalue weighted by molar-refractivity contribution is -0.147. The molecule has 1 unspecified atom stereocenters. The zero-order valence-electron chi connectivity index (χ0n) is 8.83. The van der Waals surface area contributed by atoms with E-state index in [1.54, 1.807) is 6.20 Å². The first-order valence-corrected chi connectivity index (χ1v) is 5.15. The Bertz CT molecular complexity index is 320. The second-order valence-electron chi connectivity index (χ2n) is 4.95. The molecule has 2 nitrogen and oxygen atoms in total. The molecule has 0 aromatic carbocycles. The molecule has 1 fully saturated rings. The molecular weight excluding hydrogens is 174 g/mol. The summed E-state index contributed by atoms with van der Waals surface area (Å²) in [5.41, 5.74) is 0.668. The second-order valence-corrected chi connectivity index (χ2v) is 4.95. The summed E-state index contributed by atoms with van der Waals surface area (Å²) in [4.78, 5) is 4.06. The van der Waals surface area contributed by atoms with Crippen molar-refractivity contribution in [2.24, 2.45) is 5.41 Å². The molecule has 2 rings (SSSR count). The van der Waals surface area contributed by atoms with E-state index in [1.807, 2.05) is 18.3 Å². The molecule has 0 aliphatic heterocycles. The van der Waals surface area contributed by atoms with E-state index in [2.05, 4.69) is 18.8 Å². The Kier molecular flexibility index (Phi) is 2.11. The Morgan fingerprint density at radius 2 is 2.21 bits per heavy atom. The van der Waals surface area contributed by atoms with Gasteiger partial charge in [-0.15, -0.1) is 0 Å². The van der Waals surface area contributed by atoms with E-state index >= 15 is 0 Å². The maximum Gasteiger partial charge on any atom is 0.0739 e. The predicted molar refractivity (Wildman–Crippen MR) is 55.9 cm³/mol. The van der Waals surface area contributed by atoms with E-state index in [-0.39, 0.29) is 5.41 Å². The molecular formula is C12H17NO. The molecule has 0 bridgehead atoms. The van der Waals surface area contributed by atoms with Crippen LogP contribution in [-0.2, 0) is 6.42 Å². The maximum absolute atomic E-state index is 10.4. The van der Waals surface area contributed by atoms with Crippen LogP contribution < -0.4 is 0 Å². The fourth-order valence-corrected chi connectivity index (χ4v) is 2.08. The minimum atomic E-state index is -0.518. The number of nitrogens with zero attached hydrogens (tertiary/aromatic N) is 1. The molecule has 1 aliphatic rings. The van der Waals surface area contributed by atoms with Gasteiger partial charge in [-0.25, -0.2) is 0 Å². The summed E-state index contributed by atoms with van der Waals surface area (Å²) in [6.07, 6.45) is 6.36. The predicted octanol–water partition coefficient (Wildman–Crippen LogP) is 2.18. The molecule has 1 atom stereocenters. The third-order valence-corrected chi connectivity index (χ3v) is 3.64. The lowest BCUT2D eigenvalue weighted by atomic mass is 9.57. The molecule has 1 heterocycles. The fourth-order valence-electron chi connectivity index (χ4n) is 2.08. The van der Waals surface area contributed by atoms with Crippen molar-refractivity contribution in [3.8, 4) is 0 Å². The van der Waals surface area contributed by atoms with Crippen molar-refractivity contribution < 1.29 is 5.11 Å². The lowest BCUT2D eigenvalue weighted by Gasteiger charge is -2.52. The van der Waals surface area contributed by atoms with Crippen molar-refractivity contribution in [3.05, 3.63) is 30.1 Å². The van der Waals surface area contributed by atoms with Crippen LogP contribution in [0.15, 0.2) is 24.5 Å². The van der Waals surface area contributed by atoms with Crippen LogP contribution in [0, 0.1) is 5.41 Å². The molecule has 2 heteroatoms. The van der Waals surface area contributed by atoms with Gasteiger partial charge in [0, 0.05) is 18.8 Å². The van der Waals surface area contributed by atoms with Crippen LogP contribution in [0.25, 0.3) is 0 Å². The molecule has 1 aromatic heterocycles. The molecule has 0 radical (unpaired) electrons. The van der Waals surface area contributed by atoms with Crippen molar-refractivity contribution in [2.75, 3.05) is 0 Å². The van der Waals surface area contributed by atoms with E-state index in [0.29, 0.717) is 0 Å². The number of rotatable bonds is 2. The Balaban J connectivity index is 2.12.